The summed E-state index contributed by atoms with van der Waals surface area (Å²) < 4.78 is 1.96. The molecule has 0 bridgehead atoms. The van der Waals surface area contributed by atoms with E-state index in [1.807, 2.05) is 10.9 Å². The van der Waals surface area contributed by atoms with Crippen molar-refractivity contribution in [2.75, 3.05) is 11.9 Å². The van der Waals surface area contributed by atoms with Crippen LogP contribution in [0.4, 0.5) is 5.82 Å². The molecule has 0 aromatic carbocycles. The van der Waals surface area contributed by atoms with E-state index in [0.29, 0.717) is 0 Å². The third kappa shape index (κ3) is 3.72. The Morgan fingerprint density at radius 3 is 2.94 bits per heavy atom. The summed E-state index contributed by atoms with van der Waals surface area (Å²) in [6.07, 6.45) is 11.4. The zero-order valence-electron chi connectivity index (χ0n) is 10.9. The molecule has 17 heavy (non-hydrogen) atoms. The number of aryl methyl sites for hydroxylation is 1. The van der Waals surface area contributed by atoms with Gasteiger partial charge in [-0.2, -0.15) is 0 Å². The lowest BCUT2D eigenvalue weighted by atomic mass is 9.87. The van der Waals surface area contributed by atoms with Crippen LogP contribution in [0.2, 0.25) is 0 Å². The monoisotopic (exact) mass is 236 g/mol. The summed E-state index contributed by atoms with van der Waals surface area (Å²) in [4.78, 5) is 0. The molecule has 1 fully saturated rings. The molecule has 0 spiro atoms. The van der Waals surface area contributed by atoms with Crippen molar-refractivity contribution >= 4 is 5.82 Å². The summed E-state index contributed by atoms with van der Waals surface area (Å²) in [5.74, 6) is 2.01. The smallest absolute Gasteiger partial charge is 0.144 e. The zero-order chi connectivity index (χ0) is 11.9. The van der Waals surface area contributed by atoms with E-state index < -0.39 is 0 Å². The van der Waals surface area contributed by atoms with Gasteiger partial charge in [0.25, 0.3) is 0 Å². The third-order valence-corrected chi connectivity index (χ3v) is 3.64. The Balaban J connectivity index is 1.71. The Morgan fingerprint density at radius 2 is 2.18 bits per heavy atom. The zero-order valence-corrected chi connectivity index (χ0v) is 10.9. The first-order valence-electron chi connectivity index (χ1n) is 7.02. The van der Waals surface area contributed by atoms with E-state index in [1.165, 1.54) is 38.5 Å². The molecule has 1 heterocycles. The van der Waals surface area contributed by atoms with Crippen molar-refractivity contribution in [3.05, 3.63) is 6.20 Å². The molecule has 1 aromatic rings. The van der Waals surface area contributed by atoms with Crippen LogP contribution in [0.3, 0.4) is 0 Å². The maximum absolute atomic E-state index is 4.08. The topological polar surface area (TPSA) is 42.7 Å². The lowest BCUT2D eigenvalue weighted by Gasteiger charge is -2.21. The number of anilines is 1. The van der Waals surface area contributed by atoms with E-state index in [4.69, 9.17) is 0 Å². The minimum Gasteiger partial charge on any atom is -0.369 e. The number of hydrogen-bond donors (Lipinski definition) is 1. The lowest BCUT2D eigenvalue weighted by molar-refractivity contribution is 0.345. The standard InChI is InChI=1S/C13H24N4/c1-2-10-17-13(11-15-16-17)14-9-8-12-6-4-3-5-7-12/h11-12,14H,2-10H2,1H3. The van der Waals surface area contributed by atoms with Gasteiger partial charge in [0.1, 0.15) is 5.82 Å². The number of hydrogen-bond acceptors (Lipinski definition) is 3. The van der Waals surface area contributed by atoms with Gasteiger partial charge in [0.05, 0.1) is 6.20 Å². The highest BCUT2D eigenvalue weighted by Crippen LogP contribution is 2.26. The van der Waals surface area contributed by atoms with Crippen molar-refractivity contribution in [2.45, 2.75) is 58.4 Å². The van der Waals surface area contributed by atoms with E-state index in [0.717, 1.165) is 31.2 Å². The molecule has 1 aromatic heterocycles. The molecule has 0 saturated heterocycles. The average Bonchev–Trinajstić information content (AvgIpc) is 2.79. The van der Waals surface area contributed by atoms with Crippen molar-refractivity contribution in [3.8, 4) is 0 Å². The maximum atomic E-state index is 4.08. The van der Waals surface area contributed by atoms with Gasteiger partial charge in [-0.25, -0.2) is 4.68 Å². The highest BCUT2D eigenvalue weighted by atomic mass is 15.4. The second-order valence-corrected chi connectivity index (χ2v) is 5.06. The Labute approximate surface area is 104 Å². The van der Waals surface area contributed by atoms with E-state index in [-0.39, 0.29) is 0 Å². The summed E-state index contributed by atoms with van der Waals surface area (Å²) in [6, 6.07) is 0. The summed E-state index contributed by atoms with van der Waals surface area (Å²) in [6.45, 7) is 4.17. The largest absolute Gasteiger partial charge is 0.369 e. The molecule has 1 aliphatic carbocycles. The van der Waals surface area contributed by atoms with E-state index >= 15 is 0 Å². The maximum Gasteiger partial charge on any atom is 0.144 e. The minimum absolute atomic E-state index is 0.937. The summed E-state index contributed by atoms with van der Waals surface area (Å²) in [7, 11) is 0. The summed E-state index contributed by atoms with van der Waals surface area (Å²) in [5, 5.41) is 11.5. The fourth-order valence-electron chi connectivity index (χ4n) is 2.65. The van der Waals surface area contributed by atoms with Gasteiger partial charge >= 0.3 is 0 Å². The first-order chi connectivity index (χ1) is 8.40. The molecule has 96 valence electrons. The number of rotatable bonds is 6. The van der Waals surface area contributed by atoms with Gasteiger partial charge in [-0.3, -0.25) is 0 Å². The molecule has 0 amide bonds. The summed E-state index contributed by atoms with van der Waals surface area (Å²) >= 11 is 0. The fraction of sp³-hybridized carbons (Fsp3) is 0.846. The van der Waals surface area contributed by atoms with Crippen molar-refractivity contribution in [1.82, 2.24) is 15.0 Å². The van der Waals surface area contributed by atoms with Crippen LogP contribution < -0.4 is 5.32 Å². The average molecular weight is 236 g/mol. The third-order valence-electron chi connectivity index (χ3n) is 3.64. The highest BCUT2D eigenvalue weighted by molar-refractivity contribution is 5.30. The van der Waals surface area contributed by atoms with E-state index in [2.05, 4.69) is 22.6 Å². The quantitative estimate of drug-likeness (QED) is 0.825. The molecule has 4 nitrogen and oxygen atoms in total. The Morgan fingerprint density at radius 1 is 1.35 bits per heavy atom. The van der Waals surface area contributed by atoms with Crippen LogP contribution >= 0.6 is 0 Å². The first-order valence-corrected chi connectivity index (χ1v) is 7.02. The van der Waals surface area contributed by atoms with Gasteiger partial charge in [0.2, 0.25) is 0 Å². The van der Waals surface area contributed by atoms with Gasteiger partial charge in [-0.1, -0.05) is 44.2 Å². The summed E-state index contributed by atoms with van der Waals surface area (Å²) in [5.41, 5.74) is 0. The number of aromatic nitrogens is 3. The Kier molecular flexibility index (Phi) is 4.83. The van der Waals surface area contributed by atoms with Crippen molar-refractivity contribution in [1.29, 1.82) is 0 Å². The molecular weight excluding hydrogens is 212 g/mol. The molecule has 0 atom stereocenters. The van der Waals surface area contributed by atoms with E-state index in [9.17, 15) is 0 Å². The van der Waals surface area contributed by atoms with Crippen molar-refractivity contribution in [3.63, 3.8) is 0 Å². The normalized spacial score (nSPS) is 17.2. The van der Waals surface area contributed by atoms with Crippen molar-refractivity contribution < 1.29 is 0 Å². The van der Waals surface area contributed by atoms with Gasteiger partial charge in [0.15, 0.2) is 0 Å². The van der Waals surface area contributed by atoms with Crippen LogP contribution in [0.25, 0.3) is 0 Å². The number of nitrogens with zero attached hydrogens (tertiary/aromatic N) is 3. The van der Waals surface area contributed by atoms with Gasteiger partial charge in [0, 0.05) is 13.1 Å². The first kappa shape index (κ1) is 12.4. The van der Waals surface area contributed by atoms with Crippen LogP contribution in [-0.2, 0) is 6.54 Å². The Hall–Kier alpha value is -1.06. The molecule has 0 radical (unpaired) electrons. The molecule has 0 unspecified atom stereocenters. The minimum atomic E-state index is 0.937. The van der Waals surface area contributed by atoms with Crippen LogP contribution in [0.1, 0.15) is 51.9 Å². The molecule has 1 aliphatic rings. The van der Waals surface area contributed by atoms with Crippen LogP contribution in [0.15, 0.2) is 6.20 Å². The molecule has 1 saturated carbocycles. The second-order valence-electron chi connectivity index (χ2n) is 5.06. The molecular formula is C13H24N4. The molecule has 2 rings (SSSR count). The predicted octanol–water partition coefficient (Wildman–Crippen LogP) is 3.07. The molecule has 0 aliphatic heterocycles. The Bertz CT molecular complexity index is 315. The second kappa shape index (κ2) is 6.62. The van der Waals surface area contributed by atoms with Gasteiger partial charge in [-0.15, -0.1) is 5.10 Å². The SMILES string of the molecule is CCCn1nncc1NCCC1CCCCC1. The van der Waals surface area contributed by atoms with Crippen LogP contribution in [0.5, 0.6) is 0 Å². The van der Waals surface area contributed by atoms with Crippen LogP contribution in [-0.4, -0.2) is 21.5 Å². The fourth-order valence-corrected chi connectivity index (χ4v) is 2.65. The van der Waals surface area contributed by atoms with Crippen LogP contribution in [0, 0.1) is 5.92 Å². The molecule has 4 heteroatoms. The van der Waals surface area contributed by atoms with Gasteiger partial charge < -0.3 is 5.32 Å². The predicted molar refractivity (Wildman–Crippen MR) is 70.0 cm³/mol. The van der Waals surface area contributed by atoms with E-state index in [1.54, 1.807) is 0 Å². The van der Waals surface area contributed by atoms with Crippen molar-refractivity contribution in [2.24, 2.45) is 5.92 Å². The van der Waals surface area contributed by atoms with Gasteiger partial charge in [-0.05, 0) is 18.8 Å². The molecule has 1 N–H and O–H groups in total. The highest BCUT2D eigenvalue weighted by Gasteiger charge is 2.13. The lowest BCUT2D eigenvalue weighted by Crippen LogP contribution is -2.14. The number of nitrogens with one attached hydrogen (secondary N) is 1.